The smallest absolute Gasteiger partial charge is 0.224 e. The normalized spacial score (nSPS) is 20.0. The van der Waals surface area contributed by atoms with Gasteiger partial charge in [0.25, 0.3) is 0 Å². The minimum absolute atomic E-state index is 0.0484. The van der Waals surface area contributed by atoms with E-state index in [1.54, 1.807) is 0 Å². The van der Waals surface area contributed by atoms with Gasteiger partial charge in [0.05, 0.1) is 17.0 Å². The molecule has 1 N–H and O–H groups in total. The van der Waals surface area contributed by atoms with Crippen LogP contribution in [0.15, 0.2) is 30.5 Å². The molecule has 1 aromatic carbocycles. The van der Waals surface area contributed by atoms with Gasteiger partial charge in [0.1, 0.15) is 0 Å². The zero-order chi connectivity index (χ0) is 16.4. The number of rotatable bonds is 5. The van der Waals surface area contributed by atoms with Crippen LogP contribution in [0.1, 0.15) is 26.2 Å². The van der Waals surface area contributed by atoms with E-state index in [1.807, 2.05) is 18.2 Å². The van der Waals surface area contributed by atoms with Crippen molar-refractivity contribution in [1.29, 1.82) is 0 Å². The molecule has 2 heterocycles. The number of sulfone groups is 1. The molecule has 1 aromatic heterocycles. The standard InChI is InChI=1S/C17H22N2O3S/c1-2-7-19-8-5-14-3-4-15(11-16(14)19)18-17(20)10-13-6-9-23(21,22)12-13/h3-5,8,11,13H,2,6-7,9-10,12H2,1H3,(H,18,20)/t13-/m0/s1. The zero-order valence-corrected chi connectivity index (χ0v) is 14.1. The van der Waals surface area contributed by atoms with E-state index >= 15 is 0 Å². The third kappa shape index (κ3) is 3.75. The summed E-state index contributed by atoms with van der Waals surface area (Å²) >= 11 is 0. The fourth-order valence-corrected chi connectivity index (χ4v) is 5.07. The topological polar surface area (TPSA) is 68.2 Å². The lowest BCUT2D eigenvalue weighted by molar-refractivity contribution is -0.116. The first-order chi connectivity index (χ1) is 11.0. The average Bonchev–Trinajstić information content (AvgIpc) is 3.03. The first kappa shape index (κ1) is 16.1. The maximum absolute atomic E-state index is 12.2. The van der Waals surface area contributed by atoms with Gasteiger partial charge in [-0.05, 0) is 42.3 Å². The van der Waals surface area contributed by atoms with Gasteiger partial charge in [0.2, 0.25) is 5.91 Å². The molecule has 1 atom stereocenters. The van der Waals surface area contributed by atoms with Crippen molar-refractivity contribution in [2.45, 2.75) is 32.7 Å². The summed E-state index contributed by atoms with van der Waals surface area (Å²) in [5.41, 5.74) is 1.87. The molecule has 5 nitrogen and oxygen atoms in total. The molecule has 23 heavy (non-hydrogen) atoms. The summed E-state index contributed by atoms with van der Waals surface area (Å²) in [6.07, 6.45) is 3.97. The number of nitrogens with one attached hydrogen (secondary N) is 1. The zero-order valence-electron chi connectivity index (χ0n) is 13.3. The molecule has 1 saturated heterocycles. The lowest BCUT2D eigenvalue weighted by Crippen LogP contribution is -2.17. The summed E-state index contributed by atoms with van der Waals surface area (Å²) < 4.78 is 25.1. The van der Waals surface area contributed by atoms with Crippen LogP contribution in [0.5, 0.6) is 0 Å². The number of aryl methyl sites for hydroxylation is 1. The molecule has 6 heteroatoms. The Bertz CT molecular complexity index is 823. The highest BCUT2D eigenvalue weighted by molar-refractivity contribution is 7.91. The third-order valence-corrected chi connectivity index (χ3v) is 6.16. The van der Waals surface area contributed by atoms with Gasteiger partial charge in [0.15, 0.2) is 9.84 Å². The summed E-state index contributed by atoms with van der Waals surface area (Å²) in [4.78, 5) is 12.2. The summed E-state index contributed by atoms with van der Waals surface area (Å²) in [6.45, 7) is 3.08. The molecule has 0 spiro atoms. The van der Waals surface area contributed by atoms with Crippen molar-refractivity contribution < 1.29 is 13.2 Å². The first-order valence-corrected chi connectivity index (χ1v) is 9.88. The van der Waals surface area contributed by atoms with E-state index < -0.39 is 9.84 Å². The molecule has 1 aliphatic rings. The summed E-state index contributed by atoms with van der Waals surface area (Å²) in [6, 6.07) is 7.94. The molecule has 0 unspecified atom stereocenters. The van der Waals surface area contributed by atoms with E-state index in [0.717, 1.165) is 29.6 Å². The van der Waals surface area contributed by atoms with Crippen LogP contribution in [0.4, 0.5) is 5.69 Å². The molecule has 2 aromatic rings. The van der Waals surface area contributed by atoms with Crippen molar-refractivity contribution in [3.05, 3.63) is 30.5 Å². The molecule has 0 radical (unpaired) electrons. The number of carbonyl (C=O) groups is 1. The van der Waals surface area contributed by atoms with Crippen LogP contribution in [-0.4, -0.2) is 30.4 Å². The molecule has 1 fully saturated rings. The van der Waals surface area contributed by atoms with Crippen LogP contribution in [0.3, 0.4) is 0 Å². The fourth-order valence-electron chi connectivity index (χ4n) is 3.20. The van der Waals surface area contributed by atoms with Crippen LogP contribution in [0, 0.1) is 5.92 Å². The molecule has 0 saturated carbocycles. The summed E-state index contributed by atoms with van der Waals surface area (Å²) in [5, 5.41) is 4.05. The summed E-state index contributed by atoms with van der Waals surface area (Å²) in [7, 11) is -2.93. The second-order valence-corrected chi connectivity index (χ2v) is 8.53. The van der Waals surface area contributed by atoms with Gasteiger partial charge >= 0.3 is 0 Å². The Morgan fingerprint density at radius 1 is 1.35 bits per heavy atom. The Morgan fingerprint density at radius 3 is 2.87 bits per heavy atom. The van der Waals surface area contributed by atoms with Crippen molar-refractivity contribution in [3.8, 4) is 0 Å². The number of aromatic nitrogens is 1. The SMILES string of the molecule is CCCn1ccc2ccc(NC(=O)C[C@@H]3CCS(=O)(=O)C3)cc21. The van der Waals surface area contributed by atoms with Crippen LogP contribution in [0.25, 0.3) is 10.9 Å². The van der Waals surface area contributed by atoms with Crippen LogP contribution >= 0.6 is 0 Å². The monoisotopic (exact) mass is 334 g/mol. The number of carbonyl (C=O) groups excluding carboxylic acids is 1. The van der Waals surface area contributed by atoms with Crippen molar-refractivity contribution in [2.24, 2.45) is 5.92 Å². The van der Waals surface area contributed by atoms with Gasteiger partial charge < -0.3 is 9.88 Å². The van der Waals surface area contributed by atoms with Gasteiger partial charge in [-0.25, -0.2) is 8.42 Å². The molecule has 0 bridgehead atoms. The van der Waals surface area contributed by atoms with E-state index in [-0.39, 0.29) is 29.8 Å². The Morgan fingerprint density at radius 2 is 2.17 bits per heavy atom. The Kier molecular flexibility index (Phi) is 4.43. The first-order valence-electron chi connectivity index (χ1n) is 8.06. The number of anilines is 1. The molecular weight excluding hydrogens is 312 g/mol. The van der Waals surface area contributed by atoms with Gasteiger partial charge in [0, 0.05) is 24.8 Å². The van der Waals surface area contributed by atoms with Crippen molar-refractivity contribution in [3.63, 3.8) is 0 Å². The van der Waals surface area contributed by atoms with Crippen LogP contribution in [-0.2, 0) is 21.2 Å². The predicted octanol–water partition coefficient (Wildman–Crippen LogP) is 2.81. The molecule has 1 aliphatic heterocycles. The van der Waals surface area contributed by atoms with Crippen LogP contribution < -0.4 is 5.32 Å². The van der Waals surface area contributed by atoms with Crippen LogP contribution in [0.2, 0.25) is 0 Å². The van der Waals surface area contributed by atoms with Gasteiger partial charge in [-0.3, -0.25) is 4.79 Å². The van der Waals surface area contributed by atoms with Crippen molar-refractivity contribution >= 4 is 32.3 Å². The van der Waals surface area contributed by atoms with E-state index in [2.05, 4.69) is 29.1 Å². The number of benzene rings is 1. The third-order valence-electron chi connectivity index (χ3n) is 4.32. The predicted molar refractivity (Wildman–Crippen MR) is 92.2 cm³/mol. The van der Waals surface area contributed by atoms with Gasteiger partial charge in [-0.2, -0.15) is 0 Å². The Hall–Kier alpha value is -1.82. The highest BCUT2D eigenvalue weighted by Gasteiger charge is 2.29. The van der Waals surface area contributed by atoms with Crippen molar-refractivity contribution in [1.82, 2.24) is 4.57 Å². The minimum atomic E-state index is -2.93. The molecular formula is C17H22N2O3S. The molecule has 1 amide bonds. The second-order valence-electron chi connectivity index (χ2n) is 6.30. The quantitative estimate of drug-likeness (QED) is 0.914. The van der Waals surface area contributed by atoms with Crippen molar-refractivity contribution in [2.75, 3.05) is 16.8 Å². The second kappa shape index (κ2) is 6.35. The number of amides is 1. The number of fused-ring (bicyclic) bond motifs is 1. The van der Waals surface area contributed by atoms with Gasteiger partial charge in [-0.1, -0.05) is 13.0 Å². The minimum Gasteiger partial charge on any atom is -0.347 e. The largest absolute Gasteiger partial charge is 0.347 e. The van der Waals surface area contributed by atoms with Gasteiger partial charge in [-0.15, -0.1) is 0 Å². The lowest BCUT2D eigenvalue weighted by Gasteiger charge is -2.10. The number of hydrogen-bond acceptors (Lipinski definition) is 3. The lowest BCUT2D eigenvalue weighted by atomic mass is 10.0. The van der Waals surface area contributed by atoms with E-state index in [9.17, 15) is 13.2 Å². The average molecular weight is 334 g/mol. The summed E-state index contributed by atoms with van der Waals surface area (Å²) in [5.74, 6) is 0.188. The Balaban J connectivity index is 1.68. The maximum Gasteiger partial charge on any atom is 0.224 e. The highest BCUT2D eigenvalue weighted by Crippen LogP contribution is 2.24. The molecule has 3 rings (SSSR count). The maximum atomic E-state index is 12.2. The highest BCUT2D eigenvalue weighted by atomic mass is 32.2. The number of hydrogen-bond donors (Lipinski definition) is 1. The van der Waals surface area contributed by atoms with E-state index in [0.29, 0.717) is 6.42 Å². The molecule has 124 valence electrons. The molecule has 0 aliphatic carbocycles. The fraction of sp³-hybridized carbons (Fsp3) is 0.471. The number of nitrogens with zero attached hydrogens (tertiary/aromatic N) is 1. The van der Waals surface area contributed by atoms with E-state index in [1.165, 1.54) is 0 Å². The Labute approximate surface area is 136 Å². The van der Waals surface area contributed by atoms with E-state index in [4.69, 9.17) is 0 Å².